The summed E-state index contributed by atoms with van der Waals surface area (Å²) in [4.78, 5) is 57.1. The van der Waals surface area contributed by atoms with Crippen molar-refractivity contribution in [1.29, 1.82) is 0 Å². The van der Waals surface area contributed by atoms with Crippen LogP contribution in [0.1, 0.15) is 16.8 Å². The summed E-state index contributed by atoms with van der Waals surface area (Å²) in [6.07, 6.45) is 2.04. The SMILES string of the molecule is O=C(CN1C(=O)COc2ccc(Cl)cc21)N1CCCN(C(=O)c2ccc[nH]c2=O)CC1. The van der Waals surface area contributed by atoms with E-state index in [9.17, 15) is 19.2 Å². The summed E-state index contributed by atoms with van der Waals surface area (Å²) in [5.74, 6) is -0.410. The van der Waals surface area contributed by atoms with Gasteiger partial charge in [0.25, 0.3) is 17.4 Å². The molecule has 31 heavy (non-hydrogen) atoms. The number of ether oxygens (including phenoxy) is 1. The van der Waals surface area contributed by atoms with Crippen LogP contribution in [0.2, 0.25) is 5.02 Å². The van der Waals surface area contributed by atoms with Gasteiger partial charge in [-0.15, -0.1) is 0 Å². The van der Waals surface area contributed by atoms with Crippen LogP contribution in [0.15, 0.2) is 41.3 Å². The fourth-order valence-corrected chi connectivity index (χ4v) is 3.88. The number of H-pyrrole nitrogens is 1. The number of carbonyl (C=O) groups excluding carboxylic acids is 3. The van der Waals surface area contributed by atoms with Gasteiger partial charge in [-0.05, 0) is 36.8 Å². The highest BCUT2D eigenvalue weighted by atomic mass is 35.5. The number of halogens is 1. The van der Waals surface area contributed by atoms with Crippen LogP contribution in [0.5, 0.6) is 5.75 Å². The van der Waals surface area contributed by atoms with Crippen molar-refractivity contribution in [3.05, 3.63) is 57.5 Å². The van der Waals surface area contributed by atoms with Crippen molar-refractivity contribution in [2.75, 3.05) is 44.2 Å². The second-order valence-corrected chi connectivity index (χ2v) is 7.76. The number of hydrogen-bond donors (Lipinski definition) is 1. The molecule has 0 aliphatic carbocycles. The average Bonchev–Trinajstić information content (AvgIpc) is 3.02. The molecule has 2 aromatic rings. The van der Waals surface area contributed by atoms with Gasteiger partial charge in [0, 0.05) is 37.4 Å². The number of fused-ring (bicyclic) bond motifs is 1. The van der Waals surface area contributed by atoms with Crippen LogP contribution < -0.4 is 15.2 Å². The molecule has 0 saturated carbocycles. The first kappa shape index (κ1) is 20.9. The van der Waals surface area contributed by atoms with Crippen molar-refractivity contribution in [1.82, 2.24) is 14.8 Å². The smallest absolute Gasteiger partial charge is 0.265 e. The lowest BCUT2D eigenvalue weighted by atomic mass is 10.2. The maximum atomic E-state index is 13.0. The van der Waals surface area contributed by atoms with Crippen molar-refractivity contribution in [2.24, 2.45) is 0 Å². The van der Waals surface area contributed by atoms with Gasteiger partial charge in [-0.3, -0.25) is 24.1 Å². The molecule has 1 aromatic carbocycles. The maximum absolute atomic E-state index is 13.0. The first-order chi connectivity index (χ1) is 14.9. The highest BCUT2D eigenvalue weighted by molar-refractivity contribution is 6.31. The Labute approximate surface area is 183 Å². The zero-order valence-corrected chi connectivity index (χ0v) is 17.4. The summed E-state index contributed by atoms with van der Waals surface area (Å²) in [6.45, 7) is 1.23. The van der Waals surface area contributed by atoms with E-state index in [2.05, 4.69) is 4.98 Å². The van der Waals surface area contributed by atoms with Crippen molar-refractivity contribution in [2.45, 2.75) is 6.42 Å². The molecule has 0 radical (unpaired) electrons. The van der Waals surface area contributed by atoms with Crippen LogP contribution in [-0.4, -0.2) is 71.8 Å². The van der Waals surface area contributed by atoms with Gasteiger partial charge in [0.1, 0.15) is 17.9 Å². The van der Waals surface area contributed by atoms with Crippen LogP contribution in [0.3, 0.4) is 0 Å². The lowest BCUT2D eigenvalue weighted by Gasteiger charge is -2.31. The largest absolute Gasteiger partial charge is 0.482 e. The van der Waals surface area contributed by atoms with Crippen molar-refractivity contribution in [3.8, 4) is 5.75 Å². The van der Waals surface area contributed by atoms with E-state index in [0.717, 1.165) is 0 Å². The fourth-order valence-electron chi connectivity index (χ4n) is 3.71. The Hall–Kier alpha value is -3.33. The highest BCUT2D eigenvalue weighted by Crippen LogP contribution is 2.34. The molecule has 1 fully saturated rings. The summed E-state index contributed by atoms with van der Waals surface area (Å²) in [7, 11) is 0. The second kappa shape index (κ2) is 8.81. The van der Waals surface area contributed by atoms with E-state index in [-0.39, 0.29) is 36.4 Å². The van der Waals surface area contributed by atoms with Gasteiger partial charge >= 0.3 is 0 Å². The first-order valence-electron chi connectivity index (χ1n) is 9.91. The van der Waals surface area contributed by atoms with Crippen LogP contribution in [0, 0.1) is 0 Å². The maximum Gasteiger partial charge on any atom is 0.265 e. The number of amides is 3. The molecule has 3 amide bonds. The molecule has 0 atom stereocenters. The molecule has 9 nitrogen and oxygen atoms in total. The third kappa shape index (κ3) is 4.41. The molecule has 1 N–H and O–H groups in total. The molecule has 162 valence electrons. The monoisotopic (exact) mass is 444 g/mol. The van der Waals surface area contributed by atoms with Gasteiger partial charge in [-0.1, -0.05) is 11.6 Å². The molecule has 3 heterocycles. The second-order valence-electron chi connectivity index (χ2n) is 7.32. The van der Waals surface area contributed by atoms with E-state index in [1.165, 1.54) is 17.2 Å². The molecule has 1 saturated heterocycles. The van der Waals surface area contributed by atoms with Crippen LogP contribution in [-0.2, 0) is 9.59 Å². The van der Waals surface area contributed by atoms with Crippen LogP contribution in [0.25, 0.3) is 0 Å². The predicted octanol–water partition coefficient (Wildman–Crippen LogP) is 1.13. The minimum Gasteiger partial charge on any atom is -0.482 e. The highest BCUT2D eigenvalue weighted by Gasteiger charge is 2.30. The van der Waals surface area contributed by atoms with Gasteiger partial charge in [0.2, 0.25) is 5.91 Å². The van der Waals surface area contributed by atoms with E-state index in [4.69, 9.17) is 16.3 Å². The minimum atomic E-state index is -0.437. The predicted molar refractivity (Wildman–Crippen MR) is 113 cm³/mol. The summed E-state index contributed by atoms with van der Waals surface area (Å²) < 4.78 is 5.41. The average molecular weight is 445 g/mol. The molecular formula is C21H21ClN4O5. The Morgan fingerprint density at radius 3 is 2.65 bits per heavy atom. The van der Waals surface area contributed by atoms with E-state index in [1.807, 2.05) is 0 Å². The first-order valence-corrected chi connectivity index (χ1v) is 10.3. The number of pyridine rings is 1. The zero-order valence-electron chi connectivity index (χ0n) is 16.7. The number of carbonyl (C=O) groups is 3. The summed E-state index contributed by atoms with van der Waals surface area (Å²) in [6, 6.07) is 8.02. The quantitative estimate of drug-likeness (QED) is 0.764. The summed E-state index contributed by atoms with van der Waals surface area (Å²) in [5, 5.41) is 0.439. The van der Waals surface area contributed by atoms with Crippen molar-refractivity contribution in [3.63, 3.8) is 0 Å². The molecule has 0 unspecified atom stereocenters. The van der Waals surface area contributed by atoms with Gasteiger partial charge in [0.05, 0.1) is 5.69 Å². The van der Waals surface area contributed by atoms with Gasteiger partial charge in [0.15, 0.2) is 6.61 Å². The molecule has 2 aliphatic rings. The number of hydrogen-bond acceptors (Lipinski definition) is 5. The third-order valence-electron chi connectivity index (χ3n) is 5.34. The van der Waals surface area contributed by atoms with Crippen molar-refractivity contribution < 1.29 is 19.1 Å². The Kier molecular flexibility index (Phi) is 5.94. The topological polar surface area (TPSA) is 103 Å². The normalized spacial score (nSPS) is 16.4. The Bertz CT molecular complexity index is 1090. The van der Waals surface area contributed by atoms with E-state index < -0.39 is 5.56 Å². The number of nitrogens with one attached hydrogen (secondary N) is 1. The fraction of sp³-hybridized carbons (Fsp3) is 0.333. The molecule has 10 heteroatoms. The van der Waals surface area contributed by atoms with E-state index >= 15 is 0 Å². The molecule has 1 aromatic heterocycles. The molecular weight excluding hydrogens is 424 g/mol. The lowest BCUT2D eigenvalue weighted by Crippen LogP contribution is -2.47. The van der Waals surface area contributed by atoms with Crippen LogP contribution in [0.4, 0.5) is 5.69 Å². The minimum absolute atomic E-state index is 0.0784. The summed E-state index contributed by atoms with van der Waals surface area (Å²) >= 11 is 6.05. The van der Waals surface area contributed by atoms with Gasteiger partial charge < -0.3 is 19.5 Å². The van der Waals surface area contributed by atoms with E-state index in [0.29, 0.717) is 49.1 Å². The Morgan fingerprint density at radius 2 is 1.84 bits per heavy atom. The molecule has 0 spiro atoms. The third-order valence-corrected chi connectivity index (χ3v) is 5.58. The Morgan fingerprint density at radius 1 is 1.06 bits per heavy atom. The van der Waals surface area contributed by atoms with Crippen LogP contribution >= 0.6 is 11.6 Å². The number of aromatic amines is 1. The number of benzene rings is 1. The standard InChI is InChI=1S/C21H21ClN4O5/c22-14-4-5-17-16(11-14)26(19(28)13-31-17)12-18(27)24-7-2-8-25(10-9-24)21(30)15-3-1-6-23-20(15)29/h1,3-6,11H,2,7-10,12-13H2,(H,23,29). The Balaban J connectivity index is 1.43. The zero-order chi connectivity index (χ0) is 22.0. The molecule has 0 bridgehead atoms. The number of aromatic nitrogens is 1. The van der Waals surface area contributed by atoms with Crippen molar-refractivity contribution >= 4 is 35.0 Å². The number of anilines is 1. The molecule has 2 aliphatic heterocycles. The number of rotatable bonds is 3. The molecule has 4 rings (SSSR count). The van der Waals surface area contributed by atoms with Gasteiger partial charge in [-0.25, -0.2) is 0 Å². The number of nitrogens with zero attached hydrogens (tertiary/aromatic N) is 3. The van der Waals surface area contributed by atoms with Gasteiger partial charge in [-0.2, -0.15) is 0 Å². The van der Waals surface area contributed by atoms with E-state index in [1.54, 1.807) is 34.1 Å². The lowest BCUT2D eigenvalue weighted by molar-refractivity contribution is -0.131. The summed E-state index contributed by atoms with van der Waals surface area (Å²) in [5.41, 5.74) is 0.106.